The molecular weight excluding hydrogens is 210 g/mol. The first kappa shape index (κ1) is 14.2. The second-order valence-corrected chi connectivity index (χ2v) is 4.78. The summed E-state index contributed by atoms with van der Waals surface area (Å²) in [5.74, 6) is 0.555. The highest BCUT2D eigenvalue weighted by Gasteiger charge is 2.10. The van der Waals surface area contributed by atoms with E-state index in [9.17, 15) is 0 Å². The smallest absolute Gasteiger partial charge is 0.0509 e. The van der Waals surface area contributed by atoms with E-state index < -0.39 is 0 Å². The molecule has 0 bridgehead atoms. The van der Waals surface area contributed by atoms with Gasteiger partial charge in [-0.2, -0.15) is 0 Å². The van der Waals surface area contributed by atoms with Crippen molar-refractivity contribution >= 4 is 0 Å². The summed E-state index contributed by atoms with van der Waals surface area (Å²) in [6.07, 6.45) is 1.08. The molecular formula is C15H25NO. The van der Waals surface area contributed by atoms with Gasteiger partial charge in [0, 0.05) is 19.2 Å². The lowest BCUT2D eigenvalue weighted by molar-refractivity contribution is 0.109. The maximum atomic E-state index is 5.56. The number of benzene rings is 1. The van der Waals surface area contributed by atoms with E-state index >= 15 is 0 Å². The molecule has 0 saturated heterocycles. The minimum Gasteiger partial charge on any atom is -0.381 e. The quantitative estimate of drug-likeness (QED) is 0.748. The van der Waals surface area contributed by atoms with Crippen LogP contribution in [0.4, 0.5) is 0 Å². The van der Waals surface area contributed by atoms with Gasteiger partial charge in [0.25, 0.3) is 0 Å². The van der Waals surface area contributed by atoms with Crippen LogP contribution in [-0.4, -0.2) is 25.8 Å². The van der Waals surface area contributed by atoms with E-state index in [1.807, 2.05) is 0 Å². The third kappa shape index (κ3) is 6.44. The van der Waals surface area contributed by atoms with Gasteiger partial charge in [-0.05, 0) is 24.8 Å². The molecule has 0 heterocycles. The highest BCUT2D eigenvalue weighted by atomic mass is 16.5. The monoisotopic (exact) mass is 235 g/mol. The Bertz CT molecular complexity index is 284. The van der Waals surface area contributed by atoms with E-state index in [2.05, 4.69) is 56.4 Å². The van der Waals surface area contributed by atoms with Gasteiger partial charge in [-0.1, -0.05) is 44.2 Å². The van der Waals surface area contributed by atoms with Crippen molar-refractivity contribution in [3.8, 4) is 0 Å². The zero-order valence-electron chi connectivity index (χ0n) is 11.3. The molecule has 1 N–H and O–H groups in total. The molecule has 96 valence electrons. The fourth-order valence-electron chi connectivity index (χ4n) is 1.82. The summed E-state index contributed by atoms with van der Waals surface area (Å²) >= 11 is 0. The van der Waals surface area contributed by atoms with Gasteiger partial charge in [0.05, 0.1) is 6.61 Å². The fraction of sp³-hybridized carbons (Fsp3) is 0.600. The maximum Gasteiger partial charge on any atom is 0.0509 e. The van der Waals surface area contributed by atoms with Crippen molar-refractivity contribution in [3.63, 3.8) is 0 Å². The minimum atomic E-state index is 0.537. The largest absolute Gasteiger partial charge is 0.381 e. The number of hydrogen-bond donors (Lipinski definition) is 1. The van der Waals surface area contributed by atoms with Crippen LogP contribution >= 0.6 is 0 Å². The van der Waals surface area contributed by atoms with Crippen molar-refractivity contribution < 1.29 is 4.74 Å². The molecule has 1 atom stereocenters. The van der Waals surface area contributed by atoms with E-state index in [0.29, 0.717) is 12.0 Å². The van der Waals surface area contributed by atoms with Crippen LogP contribution in [-0.2, 0) is 11.2 Å². The predicted molar refractivity (Wildman–Crippen MR) is 73.3 cm³/mol. The van der Waals surface area contributed by atoms with Gasteiger partial charge in [-0.25, -0.2) is 0 Å². The summed E-state index contributed by atoms with van der Waals surface area (Å²) in [4.78, 5) is 0. The minimum absolute atomic E-state index is 0.537. The van der Waals surface area contributed by atoms with Crippen LogP contribution in [0.1, 0.15) is 26.3 Å². The normalized spacial score (nSPS) is 12.9. The third-order valence-corrected chi connectivity index (χ3v) is 2.74. The van der Waals surface area contributed by atoms with E-state index in [0.717, 1.165) is 26.2 Å². The van der Waals surface area contributed by atoms with Gasteiger partial charge in [0.2, 0.25) is 0 Å². The maximum absolute atomic E-state index is 5.56. The molecule has 1 rings (SSSR count). The molecule has 2 nitrogen and oxygen atoms in total. The summed E-state index contributed by atoms with van der Waals surface area (Å²) in [6, 6.07) is 11.2. The number of nitrogens with one attached hydrogen (secondary N) is 1. The Morgan fingerprint density at radius 1 is 1.18 bits per heavy atom. The summed E-state index contributed by atoms with van der Waals surface area (Å²) in [5, 5.41) is 3.49. The Balaban J connectivity index is 2.44. The Labute approximate surface area is 105 Å². The van der Waals surface area contributed by atoms with Gasteiger partial charge < -0.3 is 10.1 Å². The van der Waals surface area contributed by atoms with Crippen molar-refractivity contribution in [1.82, 2.24) is 5.32 Å². The molecule has 0 aliphatic carbocycles. The van der Waals surface area contributed by atoms with E-state index in [1.54, 1.807) is 0 Å². The van der Waals surface area contributed by atoms with Crippen LogP contribution < -0.4 is 5.32 Å². The van der Waals surface area contributed by atoms with Crippen LogP contribution in [0.2, 0.25) is 0 Å². The van der Waals surface area contributed by atoms with Gasteiger partial charge in [0.1, 0.15) is 0 Å². The van der Waals surface area contributed by atoms with Crippen molar-refractivity contribution in [3.05, 3.63) is 35.9 Å². The van der Waals surface area contributed by atoms with E-state index in [1.165, 1.54) is 5.56 Å². The molecule has 0 aliphatic heterocycles. The second kappa shape index (κ2) is 8.26. The van der Waals surface area contributed by atoms with Gasteiger partial charge in [-0.15, -0.1) is 0 Å². The number of ether oxygens (including phenoxy) is 1. The Morgan fingerprint density at radius 2 is 1.88 bits per heavy atom. The van der Waals surface area contributed by atoms with Crippen molar-refractivity contribution in [2.24, 2.45) is 5.92 Å². The summed E-state index contributed by atoms with van der Waals surface area (Å²) in [6.45, 7) is 9.07. The molecule has 0 saturated carbocycles. The second-order valence-electron chi connectivity index (χ2n) is 4.78. The summed E-state index contributed by atoms with van der Waals surface area (Å²) in [5.41, 5.74) is 1.39. The van der Waals surface area contributed by atoms with Gasteiger partial charge in [0.15, 0.2) is 0 Å². The van der Waals surface area contributed by atoms with Crippen LogP contribution in [0.25, 0.3) is 0 Å². The number of rotatable bonds is 8. The molecule has 1 aromatic rings. The average Bonchev–Trinajstić information content (AvgIpc) is 2.34. The molecule has 0 aliphatic rings. The number of hydrogen-bond acceptors (Lipinski definition) is 2. The lowest BCUT2D eigenvalue weighted by atomic mass is 10.00. The molecule has 0 aromatic heterocycles. The standard InChI is InChI=1S/C15H25NO/c1-4-17-12-15(11-16-13(2)3)10-14-8-6-5-7-9-14/h5-9,13,15-16H,4,10-12H2,1-3H3. The highest BCUT2D eigenvalue weighted by molar-refractivity contribution is 5.15. The first-order valence-corrected chi connectivity index (χ1v) is 6.57. The zero-order chi connectivity index (χ0) is 12.5. The van der Waals surface area contributed by atoms with Crippen molar-refractivity contribution in [2.75, 3.05) is 19.8 Å². The van der Waals surface area contributed by atoms with Crippen molar-refractivity contribution in [1.29, 1.82) is 0 Å². The highest BCUT2D eigenvalue weighted by Crippen LogP contribution is 2.09. The van der Waals surface area contributed by atoms with Crippen LogP contribution in [0.5, 0.6) is 0 Å². The average molecular weight is 235 g/mol. The van der Waals surface area contributed by atoms with Crippen LogP contribution in [0, 0.1) is 5.92 Å². The molecule has 0 amide bonds. The molecule has 0 radical (unpaired) electrons. The predicted octanol–water partition coefficient (Wildman–Crippen LogP) is 2.88. The molecule has 1 unspecified atom stereocenters. The Kier molecular flexibility index (Phi) is 6.90. The lowest BCUT2D eigenvalue weighted by Crippen LogP contribution is -2.32. The Hall–Kier alpha value is -0.860. The molecule has 2 heteroatoms. The van der Waals surface area contributed by atoms with E-state index in [4.69, 9.17) is 4.74 Å². The molecule has 0 spiro atoms. The lowest BCUT2D eigenvalue weighted by Gasteiger charge is -2.19. The summed E-state index contributed by atoms with van der Waals surface area (Å²) in [7, 11) is 0. The zero-order valence-corrected chi connectivity index (χ0v) is 11.3. The van der Waals surface area contributed by atoms with Crippen molar-refractivity contribution in [2.45, 2.75) is 33.2 Å². The first-order chi connectivity index (χ1) is 8.22. The summed E-state index contributed by atoms with van der Waals surface area (Å²) < 4.78 is 5.56. The third-order valence-electron chi connectivity index (χ3n) is 2.74. The molecule has 0 fully saturated rings. The SMILES string of the molecule is CCOCC(CNC(C)C)Cc1ccccc1. The molecule has 17 heavy (non-hydrogen) atoms. The molecule has 1 aromatic carbocycles. The topological polar surface area (TPSA) is 21.3 Å². The van der Waals surface area contributed by atoms with Crippen LogP contribution in [0.3, 0.4) is 0 Å². The fourth-order valence-corrected chi connectivity index (χ4v) is 1.82. The van der Waals surface area contributed by atoms with Gasteiger partial charge >= 0.3 is 0 Å². The van der Waals surface area contributed by atoms with E-state index in [-0.39, 0.29) is 0 Å². The first-order valence-electron chi connectivity index (χ1n) is 6.57. The van der Waals surface area contributed by atoms with Gasteiger partial charge in [-0.3, -0.25) is 0 Å². The Morgan fingerprint density at radius 3 is 2.47 bits per heavy atom. The van der Waals surface area contributed by atoms with Crippen LogP contribution in [0.15, 0.2) is 30.3 Å².